The van der Waals surface area contributed by atoms with Crippen LogP contribution in [0.2, 0.25) is 0 Å². The van der Waals surface area contributed by atoms with E-state index < -0.39 is 5.24 Å². The molecule has 100 valence electrons. The third-order valence-corrected chi connectivity index (χ3v) is 2.90. The Hall–Kier alpha value is -2.01. The largest absolute Gasteiger partial charge is 0.496 e. The monoisotopic (exact) mass is 281 g/mol. The van der Waals surface area contributed by atoms with Gasteiger partial charge in [-0.05, 0) is 30.7 Å². The van der Waals surface area contributed by atoms with Crippen molar-refractivity contribution in [3.63, 3.8) is 0 Å². The normalized spacial score (nSPS) is 10.3. The van der Waals surface area contributed by atoms with Crippen LogP contribution in [0, 0.1) is 6.92 Å². The Labute approximate surface area is 115 Å². The lowest BCUT2D eigenvalue weighted by atomic mass is 10.1. The maximum absolute atomic E-state index is 11.5. The van der Waals surface area contributed by atoms with E-state index in [2.05, 4.69) is 5.16 Å². The molecule has 0 amide bonds. The number of halogens is 1. The zero-order chi connectivity index (χ0) is 14.0. The number of methoxy groups -OCH3 is 2. The van der Waals surface area contributed by atoms with Gasteiger partial charge in [0.15, 0.2) is 5.76 Å². The van der Waals surface area contributed by atoms with Crippen LogP contribution >= 0.6 is 11.6 Å². The van der Waals surface area contributed by atoms with Crippen molar-refractivity contribution in [1.82, 2.24) is 5.16 Å². The molecule has 2 rings (SSSR count). The Balaban J connectivity index is 2.74. The van der Waals surface area contributed by atoms with Gasteiger partial charge >= 0.3 is 0 Å². The van der Waals surface area contributed by atoms with Crippen molar-refractivity contribution in [3.8, 4) is 22.8 Å². The molecule has 0 aliphatic rings. The topological polar surface area (TPSA) is 61.6 Å². The third kappa shape index (κ3) is 2.29. The minimum absolute atomic E-state index is 0.212. The molecule has 6 heteroatoms. The van der Waals surface area contributed by atoms with Crippen LogP contribution in [-0.2, 0) is 0 Å². The standard InChI is InChI=1S/C13H12ClNO4/c1-7-10(13(14)16)12(19-15-7)11-8(17-2)5-4-6-9(11)18-3/h4-6H,1-3H3. The fraction of sp³-hybridized carbons (Fsp3) is 0.231. The Morgan fingerprint density at radius 2 is 1.84 bits per heavy atom. The molecule has 1 aromatic heterocycles. The molecule has 0 N–H and O–H groups in total. The fourth-order valence-electron chi connectivity index (χ4n) is 1.85. The van der Waals surface area contributed by atoms with Gasteiger partial charge in [-0.3, -0.25) is 4.79 Å². The Bertz CT molecular complexity index is 599. The maximum atomic E-state index is 11.5. The van der Waals surface area contributed by atoms with Crippen LogP contribution in [0.3, 0.4) is 0 Å². The van der Waals surface area contributed by atoms with E-state index in [1.807, 2.05) is 0 Å². The summed E-state index contributed by atoms with van der Waals surface area (Å²) in [5.41, 5.74) is 1.14. The molecule has 0 aliphatic heterocycles. The van der Waals surface area contributed by atoms with E-state index in [0.29, 0.717) is 22.8 Å². The molecule has 0 atom stereocenters. The number of hydrogen-bond acceptors (Lipinski definition) is 5. The third-order valence-electron chi connectivity index (χ3n) is 2.71. The molecular formula is C13H12ClNO4. The number of nitrogens with zero attached hydrogens (tertiary/aromatic N) is 1. The van der Waals surface area contributed by atoms with E-state index in [0.717, 1.165) is 0 Å². The van der Waals surface area contributed by atoms with Crippen LogP contribution in [0.25, 0.3) is 11.3 Å². The van der Waals surface area contributed by atoms with Crippen molar-refractivity contribution in [2.75, 3.05) is 14.2 Å². The van der Waals surface area contributed by atoms with Gasteiger partial charge in [0.2, 0.25) is 0 Å². The molecule has 0 saturated carbocycles. The molecule has 0 saturated heterocycles. The number of aryl methyl sites for hydroxylation is 1. The molecule has 5 nitrogen and oxygen atoms in total. The lowest BCUT2D eigenvalue weighted by molar-refractivity contribution is 0.108. The van der Waals surface area contributed by atoms with Gasteiger partial charge in [0, 0.05) is 0 Å². The molecule has 0 radical (unpaired) electrons. The second kappa shape index (κ2) is 5.32. The van der Waals surface area contributed by atoms with E-state index >= 15 is 0 Å². The first kappa shape index (κ1) is 13.4. The van der Waals surface area contributed by atoms with Crippen molar-refractivity contribution >= 4 is 16.8 Å². The number of aromatic nitrogens is 1. The lowest BCUT2D eigenvalue weighted by Crippen LogP contribution is -1.97. The summed E-state index contributed by atoms with van der Waals surface area (Å²) in [6, 6.07) is 5.24. The Kier molecular flexibility index (Phi) is 3.76. The van der Waals surface area contributed by atoms with Crippen molar-refractivity contribution in [3.05, 3.63) is 29.5 Å². The molecule has 2 aromatic rings. The van der Waals surface area contributed by atoms with Crippen molar-refractivity contribution in [2.45, 2.75) is 6.92 Å². The summed E-state index contributed by atoms with van der Waals surface area (Å²) in [5.74, 6) is 1.26. The summed E-state index contributed by atoms with van der Waals surface area (Å²) in [5, 5.41) is 3.14. The van der Waals surface area contributed by atoms with Crippen LogP contribution in [0.15, 0.2) is 22.7 Å². The smallest absolute Gasteiger partial charge is 0.258 e. The zero-order valence-corrected chi connectivity index (χ0v) is 11.4. The van der Waals surface area contributed by atoms with Crippen molar-refractivity contribution in [2.24, 2.45) is 0 Å². The molecule has 1 aromatic carbocycles. The first-order chi connectivity index (χ1) is 9.10. The quantitative estimate of drug-likeness (QED) is 0.806. The number of ether oxygens (including phenoxy) is 2. The fourth-order valence-corrected chi connectivity index (χ4v) is 2.07. The molecule has 19 heavy (non-hydrogen) atoms. The molecule has 0 fully saturated rings. The molecule has 0 spiro atoms. The van der Waals surface area contributed by atoms with Gasteiger partial charge in [-0.1, -0.05) is 11.2 Å². The van der Waals surface area contributed by atoms with Crippen LogP contribution in [0.1, 0.15) is 16.1 Å². The van der Waals surface area contributed by atoms with E-state index in [4.69, 9.17) is 25.6 Å². The van der Waals surface area contributed by atoms with E-state index in [9.17, 15) is 4.79 Å². The molecule has 0 unspecified atom stereocenters. The SMILES string of the molecule is COc1cccc(OC)c1-c1onc(C)c1C(=O)Cl. The maximum Gasteiger partial charge on any atom is 0.258 e. The minimum Gasteiger partial charge on any atom is -0.496 e. The highest BCUT2D eigenvalue weighted by molar-refractivity contribution is 6.68. The van der Waals surface area contributed by atoms with Gasteiger partial charge in [0.25, 0.3) is 5.24 Å². The number of rotatable bonds is 4. The van der Waals surface area contributed by atoms with Crippen LogP contribution < -0.4 is 9.47 Å². The van der Waals surface area contributed by atoms with Gasteiger partial charge in [0.1, 0.15) is 22.6 Å². The van der Waals surface area contributed by atoms with Gasteiger partial charge < -0.3 is 14.0 Å². The highest BCUT2D eigenvalue weighted by Crippen LogP contribution is 2.41. The first-order valence-electron chi connectivity index (χ1n) is 5.47. The molecule has 0 aliphatic carbocycles. The predicted octanol–water partition coefficient (Wildman–Crippen LogP) is 3.05. The Morgan fingerprint density at radius 1 is 1.26 bits per heavy atom. The van der Waals surface area contributed by atoms with Crippen molar-refractivity contribution < 1.29 is 18.8 Å². The second-order valence-corrected chi connectivity index (χ2v) is 4.13. The number of hydrogen-bond donors (Lipinski definition) is 0. The predicted molar refractivity (Wildman–Crippen MR) is 70.0 cm³/mol. The highest BCUT2D eigenvalue weighted by Gasteiger charge is 2.25. The second-order valence-electron chi connectivity index (χ2n) is 3.78. The van der Waals surface area contributed by atoms with E-state index in [1.54, 1.807) is 25.1 Å². The number of benzene rings is 1. The first-order valence-corrected chi connectivity index (χ1v) is 5.85. The number of carbonyl (C=O) groups is 1. The van der Waals surface area contributed by atoms with Crippen LogP contribution in [-0.4, -0.2) is 24.6 Å². The summed E-state index contributed by atoms with van der Waals surface area (Å²) < 4.78 is 15.7. The van der Waals surface area contributed by atoms with E-state index in [-0.39, 0.29) is 11.3 Å². The van der Waals surface area contributed by atoms with E-state index in [1.165, 1.54) is 14.2 Å². The summed E-state index contributed by atoms with van der Waals surface area (Å²) >= 11 is 5.58. The van der Waals surface area contributed by atoms with Gasteiger partial charge in [-0.15, -0.1) is 0 Å². The average molecular weight is 282 g/mol. The number of carbonyl (C=O) groups excluding carboxylic acids is 1. The van der Waals surface area contributed by atoms with Gasteiger partial charge in [-0.25, -0.2) is 0 Å². The molecule has 1 heterocycles. The molecular weight excluding hydrogens is 270 g/mol. The minimum atomic E-state index is -0.637. The van der Waals surface area contributed by atoms with Crippen LogP contribution in [0.5, 0.6) is 11.5 Å². The summed E-state index contributed by atoms with van der Waals surface area (Å²) in [6.07, 6.45) is 0. The Morgan fingerprint density at radius 3 is 2.32 bits per heavy atom. The lowest BCUT2D eigenvalue weighted by Gasteiger charge is -2.11. The highest BCUT2D eigenvalue weighted by atomic mass is 35.5. The average Bonchev–Trinajstić information content (AvgIpc) is 2.79. The summed E-state index contributed by atoms with van der Waals surface area (Å²) in [4.78, 5) is 11.5. The summed E-state index contributed by atoms with van der Waals surface area (Å²) in [7, 11) is 3.04. The zero-order valence-electron chi connectivity index (χ0n) is 10.7. The summed E-state index contributed by atoms with van der Waals surface area (Å²) in [6.45, 7) is 1.64. The molecule has 0 bridgehead atoms. The van der Waals surface area contributed by atoms with Gasteiger partial charge in [-0.2, -0.15) is 0 Å². The van der Waals surface area contributed by atoms with Crippen LogP contribution in [0.4, 0.5) is 0 Å². The van der Waals surface area contributed by atoms with Gasteiger partial charge in [0.05, 0.1) is 19.9 Å². The van der Waals surface area contributed by atoms with Crippen molar-refractivity contribution in [1.29, 1.82) is 0 Å².